The number of rotatable bonds is 3. The molecule has 3 aromatic rings. The second kappa shape index (κ2) is 6.60. The van der Waals surface area contributed by atoms with Crippen LogP contribution in [0.3, 0.4) is 0 Å². The molecule has 4 rings (SSSR count). The fraction of sp³-hybridized carbons (Fsp3) is 0.150. The van der Waals surface area contributed by atoms with Crippen LogP contribution in [0.15, 0.2) is 69.5 Å². The van der Waals surface area contributed by atoms with Gasteiger partial charge in [-0.2, -0.15) is 0 Å². The van der Waals surface area contributed by atoms with Crippen LogP contribution in [0.4, 0.5) is 0 Å². The van der Waals surface area contributed by atoms with Crippen LogP contribution in [-0.2, 0) is 9.53 Å². The van der Waals surface area contributed by atoms with Crippen molar-refractivity contribution in [3.8, 4) is 5.75 Å². The van der Waals surface area contributed by atoms with Crippen LogP contribution in [0.2, 0.25) is 0 Å². The number of carbonyl (C=O) groups is 1. The molecule has 3 heterocycles. The number of benzene rings is 1. The summed E-state index contributed by atoms with van der Waals surface area (Å²) in [6.45, 7) is 1.85. The summed E-state index contributed by atoms with van der Waals surface area (Å²) in [5.74, 6) is -1.24. The highest BCUT2D eigenvalue weighted by atomic mass is 16.5. The van der Waals surface area contributed by atoms with E-state index < -0.39 is 17.5 Å². The first-order valence-electron chi connectivity index (χ1n) is 8.42. The molecule has 1 aromatic carbocycles. The molecule has 0 fully saturated rings. The van der Waals surface area contributed by atoms with E-state index in [0.717, 1.165) is 0 Å². The fourth-order valence-corrected chi connectivity index (χ4v) is 3.26. The van der Waals surface area contributed by atoms with Gasteiger partial charge in [-0.15, -0.1) is 0 Å². The molecule has 1 atom stereocenters. The summed E-state index contributed by atoms with van der Waals surface area (Å²) in [5.41, 5.74) is 6.81. The maximum absolute atomic E-state index is 12.8. The first-order chi connectivity index (χ1) is 13.1. The van der Waals surface area contributed by atoms with Gasteiger partial charge >= 0.3 is 11.6 Å². The molecule has 0 unspecified atom stereocenters. The fourth-order valence-electron chi connectivity index (χ4n) is 3.26. The van der Waals surface area contributed by atoms with E-state index in [1.54, 1.807) is 55.7 Å². The van der Waals surface area contributed by atoms with Gasteiger partial charge in [-0.1, -0.05) is 12.1 Å². The van der Waals surface area contributed by atoms with Gasteiger partial charge in [0.25, 0.3) is 0 Å². The lowest BCUT2D eigenvalue weighted by molar-refractivity contribution is -0.139. The number of fused-ring (bicyclic) bond motifs is 3. The molecular weight excluding hydrogens is 348 g/mol. The summed E-state index contributed by atoms with van der Waals surface area (Å²) in [7, 11) is 0. The molecule has 2 N–H and O–H groups in total. The molecule has 1 aliphatic heterocycles. The smallest absolute Gasteiger partial charge is 0.344 e. The average Bonchev–Trinajstić information content (AvgIpc) is 2.68. The topological polar surface area (TPSA) is 105 Å². The predicted molar refractivity (Wildman–Crippen MR) is 97.0 cm³/mol. The van der Waals surface area contributed by atoms with Crippen LogP contribution in [0.5, 0.6) is 5.75 Å². The Kier molecular flexibility index (Phi) is 4.12. The molecule has 0 aliphatic carbocycles. The molecule has 0 amide bonds. The molecule has 0 saturated heterocycles. The molecule has 7 nitrogen and oxygen atoms in total. The Morgan fingerprint density at radius 2 is 1.96 bits per heavy atom. The van der Waals surface area contributed by atoms with Gasteiger partial charge in [0, 0.05) is 12.4 Å². The van der Waals surface area contributed by atoms with Crippen LogP contribution in [-0.4, -0.2) is 17.6 Å². The summed E-state index contributed by atoms with van der Waals surface area (Å²) in [4.78, 5) is 29.4. The summed E-state index contributed by atoms with van der Waals surface area (Å²) in [6, 6.07) is 10.4. The van der Waals surface area contributed by atoms with Crippen molar-refractivity contribution in [1.82, 2.24) is 4.98 Å². The van der Waals surface area contributed by atoms with E-state index in [9.17, 15) is 9.59 Å². The second-order valence-corrected chi connectivity index (χ2v) is 5.94. The summed E-state index contributed by atoms with van der Waals surface area (Å²) in [6.07, 6.45) is 3.15. The third-order valence-corrected chi connectivity index (χ3v) is 4.39. The Morgan fingerprint density at radius 3 is 2.70 bits per heavy atom. The van der Waals surface area contributed by atoms with Crippen molar-refractivity contribution >= 4 is 16.9 Å². The lowest BCUT2D eigenvalue weighted by Gasteiger charge is -2.27. The van der Waals surface area contributed by atoms with Crippen LogP contribution in [0.1, 0.15) is 24.0 Å². The molecule has 27 heavy (non-hydrogen) atoms. The number of nitrogens with zero attached hydrogens (tertiary/aromatic N) is 1. The lowest BCUT2D eigenvalue weighted by atomic mass is 9.83. The van der Waals surface area contributed by atoms with Crippen LogP contribution in [0.25, 0.3) is 11.0 Å². The molecular formula is C20H16N2O5. The minimum atomic E-state index is -0.781. The average molecular weight is 364 g/mol. The van der Waals surface area contributed by atoms with Gasteiger partial charge in [0.1, 0.15) is 11.2 Å². The Labute approximate surface area is 154 Å². The van der Waals surface area contributed by atoms with Crippen molar-refractivity contribution in [2.45, 2.75) is 12.8 Å². The minimum Gasteiger partial charge on any atom is -0.462 e. The Morgan fingerprint density at radius 1 is 1.22 bits per heavy atom. The number of ether oxygens (including phenoxy) is 2. The highest BCUT2D eigenvalue weighted by Gasteiger charge is 2.39. The van der Waals surface area contributed by atoms with Gasteiger partial charge in [-0.25, -0.2) is 9.59 Å². The highest BCUT2D eigenvalue weighted by Crippen LogP contribution is 2.43. The number of nitrogens with two attached hydrogens (primary N) is 1. The van der Waals surface area contributed by atoms with Crippen LogP contribution < -0.4 is 16.1 Å². The number of carbonyl (C=O) groups excluding carboxylic acids is 1. The van der Waals surface area contributed by atoms with Gasteiger partial charge < -0.3 is 19.6 Å². The van der Waals surface area contributed by atoms with E-state index in [-0.39, 0.29) is 29.4 Å². The molecule has 7 heteroatoms. The predicted octanol–water partition coefficient (Wildman–Crippen LogP) is 2.45. The summed E-state index contributed by atoms with van der Waals surface area (Å²) >= 11 is 0. The highest BCUT2D eigenvalue weighted by molar-refractivity contribution is 5.94. The van der Waals surface area contributed by atoms with Crippen LogP contribution in [0, 0.1) is 0 Å². The Bertz CT molecular complexity index is 1120. The van der Waals surface area contributed by atoms with E-state index in [0.29, 0.717) is 16.5 Å². The van der Waals surface area contributed by atoms with E-state index >= 15 is 0 Å². The monoisotopic (exact) mass is 364 g/mol. The number of pyridine rings is 1. The quantitative estimate of drug-likeness (QED) is 0.562. The normalized spacial score (nSPS) is 16.0. The number of esters is 1. The van der Waals surface area contributed by atoms with Crippen molar-refractivity contribution in [1.29, 1.82) is 0 Å². The van der Waals surface area contributed by atoms with E-state index in [4.69, 9.17) is 19.6 Å². The van der Waals surface area contributed by atoms with Gasteiger partial charge in [-0.3, -0.25) is 4.98 Å². The molecule has 1 aliphatic rings. The summed E-state index contributed by atoms with van der Waals surface area (Å²) in [5, 5.41) is 0.594. The van der Waals surface area contributed by atoms with Gasteiger partial charge in [0.2, 0.25) is 5.88 Å². The third kappa shape index (κ3) is 2.73. The SMILES string of the molecule is CCOC(=O)C1=C(N)Oc2c(c(=O)oc3ccccc23)[C@@H]1c1ccncc1. The first-order valence-corrected chi connectivity index (χ1v) is 8.42. The standard InChI is InChI=1S/C20H16N2O5/c1-2-25-19(23)16-14(11-7-9-22-10-8-11)15-17(27-18(16)21)12-5-3-4-6-13(12)26-20(15)24/h3-10,14H,2,21H2,1H3/t14-/m0/s1. The zero-order valence-electron chi connectivity index (χ0n) is 14.5. The minimum absolute atomic E-state index is 0.0677. The van der Waals surface area contributed by atoms with Gasteiger partial charge in [0.05, 0.1) is 23.5 Å². The number of para-hydroxylation sites is 1. The lowest BCUT2D eigenvalue weighted by Crippen LogP contribution is -2.31. The largest absolute Gasteiger partial charge is 0.462 e. The summed E-state index contributed by atoms with van der Waals surface area (Å²) < 4.78 is 16.3. The maximum Gasteiger partial charge on any atom is 0.344 e. The van der Waals surface area contributed by atoms with E-state index in [1.807, 2.05) is 0 Å². The number of hydrogen-bond acceptors (Lipinski definition) is 7. The Hall–Kier alpha value is -3.61. The molecule has 0 bridgehead atoms. The van der Waals surface area contributed by atoms with Crippen molar-refractivity contribution < 1.29 is 18.7 Å². The van der Waals surface area contributed by atoms with Crippen molar-refractivity contribution in [2.24, 2.45) is 5.73 Å². The zero-order valence-corrected chi connectivity index (χ0v) is 14.5. The zero-order chi connectivity index (χ0) is 19.0. The molecule has 0 saturated carbocycles. The molecule has 136 valence electrons. The molecule has 0 spiro atoms. The van der Waals surface area contributed by atoms with E-state index in [2.05, 4.69) is 4.98 Å². The van der Waals surface area contributed by atoms with Gasteiger partial charge in [0.15, 0.2) is 5.75 Å². The second-order valence-electron chi connectivity index (χ2n) is 5.94. The Balaban J connectivity index is 2.04. The van der Waals surface area contributed by atoms with Crippen LogP contribution >= 0.6 is 0 Å². The maximum atomic E-state index is 12.8. The van der Waals surface area contributed by atoms with Crippen molar-refractivity contribution in [3.63, 3.8) is 0 Å². The number of aromatic nitrogens is 1. The van der Waals surface area contributed by atoms with Gasteiger partial charge in [-0.05, 0) is 36.8 Å². The number of hydrogen-bond donors (Lipinski definition) is 1. The first kappa shape index (κ1) is 16.8. The van der Waals surface area contributed by atoms with Crippen molar-refractivity contribution in [2.75, 3.05) is 6.61 Å². The molecule has 0 radical (unpaired) electrons. The van der Waals surface area contributed by atoms with Crippen molar-refractivity contribution in [3.05, 3.63) is 81.8 Å². The third-order valence-electron chi connectivity index (χ3n) is 4.39. The molecule has 2 aromatic heterocycles. The van der Waals surface area contributed by atoms with E-state index in [1.165, 1.54) is 0 Å².